The summed E-state index contributed by atoms with van der Waals surface area (Å²) in [5.74, 6) is -1.47. The van der Waals surface area contributed by atoms with Gasteiger partial charge in [-0.2, -0.15) is 0 Å². The molecule has 2 rings (SSSR count). The molecule has 142 valence electrons. The molecule has 0 spiro atoms. The van der Waals surface area contributed by atoms with E-state index in [1.807, 2.05) is 37.4 Å². The van der Waals surface area contributed by atoms with Crippen molar-refractivity contribution in [3.05, 3.63) is 59.7 Å². The first-order chi connectivity index (χ1) is 13.0. The molecule has 2 aromatic carbocycles. The van der Waals surface area contributed by atoms with E-state index in [2.05, 4.69) is 10.6 Å². The number of nitrogens with one attached hydrogen (secondary N) is 2. The minimum Gasteiger partial charge on any atom is -0.452 e. The summed E-state index contributed by atoms with van der Waals surface area (Å²) >= 11 is 1.57. The Hall–Kier alpha value is -2.80. The number of ether oxygens (including phenoxy) is 1. The van der Waals surface area contributed by atoms with Gasteiger partial charge in [-0.15, -0.1) is 11.8 Å². The predicted octanol–water partition coefficient (Wildman–Crippen LogP) is 2.88. The van der Waals surface area contributed by atoms with E-state index in [-0.39, 0.29) is 12.5 Å². The van der Waals surface area contributed by atoms with E-state index in [0.717, 1.165) is 22.6 Å². The summed E-state index contributed by atoms with van der Waals surface area (Å²) < 4.78 is 4.96. The van der Waals surface area contributed by atoms with Gasteiger partial charge >= 0.3 is 5.97 Å². The van der Waals surface area contributed by atoms with E-state index in [1.54, 1.807) is 36.0 Å². The largest absolute Gasteiger partial charge is 0.452 e. The van der Waals surface area contributed by atoms with E-state index in [1.165, 1.54) is 0 Å². The van der Waals surface area contributed by atoms with Gasteiger partial charge in [-0.25, -0.2) is 4.79 Å². The molecule has 2 aromatic rings. The lowest BCUT2D eigenvalue weighted by Gasteiger charge is -2.10. The van der Waals surface area contributed by atoms with Crippen LogP contribution < -0.4 is 10.6 Å². The average Bonchev–Trinajstić information content (AvgIpc) is 2.71. The number of anilines is 1. The smallest absolute Gasteiger partial charge is 0.338 e. The molecule has 2 N–H and O–H groups in total. The van der Waals surface area contributed by atoms with Crippen molar-refractivity contribution in [3.63, 3.8) is 0 Å². The molecule has 0 saturated heterocycles. The van der Waals surface area contributed by atoms with Gasteiger partial charge < -0.3 is 15.4 Å². The zero-order valence-electron chi connectivity index (χ0n) is 15.3. The summed E-state index contributed by atoms with van der Waals surface area (Å²) in [5.41, 5.74) is 2.10. The average molecular weight is 386 g/mol. The minimum absolute atomic E-state index is 0.198. The number of thioether (sulfide) groups is 1. The Morgan fingerprint density at radius 3 is 2.37 bits per heavy atom. The molecule has 0 aliphatic carbocycles. The monoisotopic (exact) mass is 386 g/mol. The molecule has 0 radical (unpaired) electrons. The number of para-hydroxylation sites is 1. The highest BCUT2D eigenvalue weighted by atomic mass is 32.2. The number of aryl methyl sites for hydroxylation is 1. The summed E-state index contributed by atoms with van der Waals surface area (Å²) in [5, 5.41) is 5.19. The normalized spacial score (nSPS) is 10.1. The van der Waals surface area contributed by atoms with Gasteiger partial charge in [0.25, 0.3) is 5.91 Å². The van der Waals surface area contributed by atoms with Crippen molar-refractivity contribution >= 4 is 35.2 Å². The molecule has 0 atom stereocenters. The van der Waals surface area contributed by atoms with Gasteiger partial charge in [0.15, 0.2) is 6.61 Å². The Kier molecular flexibility index (Phi) is 7.88. The van der Waals surface area contributed by atoms with E-state index in [4.69, 9.17) is 4.74 Å². The van der Waals surface area contributed by atoms with E-state index < -0.39 is 18.5 Å². The highest BCUT2D eigenvalue weighted by Crippen LogP contribution is 2.16. The Labute approximate surface area is 162 Å². The van der Waals surface area contributed by atoms with Gasteiger partial charge in [-0.3, -0.25) is 9.59 Å². The fourth-order valence-corrected chi connectivity index (χ4v) is 2.72. The maximum Gasteiger partial charge on any atom is 0.338 e. The number of rotatable bonds is 8. The molecule has 0 bridgehead atoms. The highest BCUT2D eigenvalue weighted by Gasteiger charge is 2.12. The van der Waals surface area contributed by atoms with Crippen LogP contribution in [0.1, 0.15) is 22.8 Å². The Bertz CT molecular complexity index is 806. The first-order valence-corrected chi connectivity index (χ1v) is 9.71. The first-order valence-electron chi connectivity index (χ1n) is 8.49. The molecule has 27 heavy (non-hydrogen) atoms. The van der Waals surface area contributed by atoms with Gasteiger partial charge in [-0.1, -0.05) is 25.1 Å². The van der Waals surface area contributed by atoms with Gasteiger partial charge in [0.05, 0.1) is 12.1 Å². The SMILES string of the molecule is CCc1ccccc1NC(=O)CNC(=O)COC(=O)c1ccc(SC)cc1. The molecule has 0 fully saturated rings. The highest BCUT2D eigenvalue weighted by molar-refractivity contribution is 7.98. The van der Waals surface area contributed by atoms with Crippen molar-refractivity contribution in [1.82, 2.24) is 5.32 Å². The van der Waals surface area contributed by atoms with Crippen molar-refractivity contribution in [2.24, 2.45) is 0 Å². The van der Waals surface area contributed by atoms with Crippen molar-refractivity contribution in [2.75, 3.05) is 24.7 Å². The quantitative estimate of drug-likeness (QED) is 0.538. The van der Waals surface area contributed by atoms with Gasteiger partial charge in [0, 0.05) is 10.6 Å². The number of hydrogen-bond acceptors (Lipinski definition) is 5. The van der Waals surface area contributed by atoms with Crippen molar-refractivity contribution < 1.29 is 19.1 Å². The van der Waals surface area contributed by atoms with Crippen molar-refractivity contribution in [3.8, 4) is 0 Å². The predicted molar refractivity (Wildman–Crippen MR) is 106 cm³/mol. The van der Waals surface area contributed by atoms with Crippen LogP contribution in [0.15, 0.2) is 53.4 Å². The third-order valence-electron chi connectivity index (χ3n) is 3.78. The Balaban J connectivity index is 1.75. The Morgan fingerprint density at radius 2 is 1.70 bits per heavy atom. The Morgan fingerprint density at radius 1 is 1.00 bits per heavy atom. The molecule has 2 amide bonds. The third-order valence-corrected chi connectivity index (χ3v) is 4.52. The molecule has 7 heteroatoms. The maximum atomic E-state index is 12.0. The number of benzene rings is 2. The van der Waals surface area contributed by atoms with Crippen LogP contribution in [0.25, 0.3) is 0 Å². The fraction of sp³-hybridized carbons (Fsp3) is 0.250. The van der Waals surface area contributed by atoms with Crippen LogP contribution in [0.5, 0.6) is 0 Å². The van der Waals surface area contributed by atoms with E-state index in [0.29, 0.717) is 5.56 Å². The molecule has 0 heterocycles. The van der Waals surface area contributed by atoms with E-state index >= 15 is 0 Å². The second-order valence-electron chi connectivity index (χ2n) is 5.64. The number of carbonyl (C=O) groups excluding carboxylic acids is 3. The second-order valence-corrected chi connectivity index (χ2v) is 6.52. The fourth-order valence-electron chi connectivity index (χ4n) is 2.32. The maximum absolute atomic E-state index is 12.0. The lowest BCUT2D eigenvalue weighted by Crippen LogP contribution is -2.35. The number of hydrogen-bond donors (Lipinski definition) is 2. The van der Waals surface area contributed by atoms with Crippen LogP contribution in [0, 0.1) is 0 Å². The lowest BCUT2D eigenvalue weighted by molar-refractivity contribution is -0.126. The molecule has 0 saturated carbocycles. The number of amides is 2. The topological polar surface area (TPSA) is 84.5 Å². The first kappa shape index (κ1) is 20.5. The summed E-state index contributed by atoms with van der Waals surface area (Å²) in [4.78, 5) is 36.7. The molecular weight excluding hydrogens is 364 g/mol. The van der Waals surface area contributed by atoms with E-state index in [9.17, 15) is 14.4 Å². The molecule has 0 aromatic heterocycles. The molecule has 0 unspecified atom stereocenters. The van der Waals surface area contributed by atoms with Gasteiger partial charge in [-0.05, 0) is 48.6 Å². The standard InChI is InChI=1S/C20H22N2O4S/c1-3-14-6-4-5-7-17(14)22-18(23)12-21-19(24)13-26-20(25)15-8-10-16(27-2)11-9-15/h4-11H,3,12-13H2,1-2H3,(H,21,24)(H,22,23). The zero-order valence-corrected chi connectivity index (χ0v) is 16.1. The molecule has 0 aliphatic rings. The van der Waals surface area contributed by atoms with Crippen LogP contribution in [0.3, 0.4) is 0 Å². The van der Waals surface area contributed by atoms with Crippen LogP contribution in [-0.2, 0) is 20.7 Å². The molecular formula is C20H22N2O4S. The summed E-state index contributed by atoms with van der Waals surface area (Å²) in [6.07, 6.45) is 2.73. The number of carbonyl (C=O) groups is 3. The van der Waals surface area contributed by atoms with Crippen molar-refractivity contribution in [2.45, 2.75) is 18.2 Å². The summed E-state index contributed by atoms with van der Waals surface area (Å²) in [6, 6.07) is 14.4. The lowest BCUT2D eigenvalue weighted by atomic mass is 10.1. The van der Waals surface area contributed by atoms with Gasteiger partial charge in [0.2, 0.25) is 5.91 Å². The van der Waals surface area contributed by atoms with Crippen LogP contribution in [0.2, 0.25) is 0 Å². The summed E-state index contributed by atoms with van der Waals surface area (Å²) in [6.45, 7) is 1.36. The second kappa shape index (κ2) is 10.4. The zero-order chi connectivity index (χ0) is 19.6. The minimum atomic E-state index is -0.584. The van der Waals surface area contributed by atoms with Gasteiger partial charge in [0.1, 0.15) is 0 Å². The molecule has 6 nitrogen and oxygen atoms in total. The van der Waals surface area contributed by atoms with Crippen LogP contribution in [0.4, 0.5) is 5.69 Å². The van der Waals surface area contributed by atoms with Crippen LogP contribution >= 0.6 is 11.8 Å². The van der Waals surface area contributed by atoms with Crippen molar-refractivity contribution in [1.29, 1.82) is 0 Å². The number of esters is 1. The third kappa shape index (κ3) is 6.45. The van der Waals surface area contributed by atoms with Crippen LogP contribution in [-0.4, -0.2) is 37.2 Å². The molecule has 0 aliphatic heterocycles. The summed E-state index contributed by atoms with van der Waals surface area (Å²) in [7, 11) is 0.